The number of unbranched alkanes of at least 4 members (excludes halogenated alkanes) is 1. The van der Waals surface area contributed by atoms with Crippen molar-refractivity contribution in [1.82, 2.24) is 0 Å². The SMILES string of the molecule is O=C(CCCCC(=O)OC1COCOC1)OC1CCCC1. The van der Waals surface area contributed by atoms with Crippen LogP contribution in [0.3, 0.4) is 0 Å². The van der Waals surface area contributed by atoms with Crippen LogP contribution in [0, 0.1) is 0 Å². The van der Waals surface area contributed by atoms with Gasteiger partial charge in [-0.15, -0.1) is 0 Å². The number of esters is 2. The number of ether oxygens (including phenoxy) is 4. The fraction of sp³-hybridized carbons (Fsp3) is 0.867. The van der Waals surface area contributed by atoms with E-state index in [1.54, 1.807) is 0 Å². The highest BCUT2D eigenvalue weighted by atomic mass is 16.7. The normalized spacial score (nSPS) is 20.4. The predicted molar refractivity (Wildman–Crippen MR) is 73.5 cm³/mol. The van der Waals surface area contributed by atoms with E-state index in [-0.39, 0.29) is 30.9 Å². The lowest BCUT2D eigenvalue weighted by molar-refractivity contribution is -0.183. The zero-order valence-electron chi connectivity index (χ0n) is 12.4. The highest BCUT2D eigenvalue weighted by Crippen LogP contribution is 2.21. The highest BCUT2D eigenvalue weighted by Gasteiger charge is 2.20. The van der Waals surface area contributed by atoms with Gasteiger partial charge in [-0.1, -0.05) is 0 Å². The third-order valence-corrected chi connectivity index (χ3v) is 3.68. The minimum absolute atomic E-state index is 0.119. The van der Waals surface area contributed by atoms with Crippen LogP contribution in [0.15, 0.2) is 0 Å². The van der Waals surface area contributed by atoms with Crippen LogP contribution in [0.25, 0.3) is 0 Å². The molecular weight excluding hydrogens is 276 g/mol. The summed E-state index contributed by atoms with van der Waals surface area (Å²) in [5.74, 6) is -0.414. The number of hydrogen-bond donors (Lipinski definition) is 0. The van der Waals surface area contributed by atoms with E-state index < -0.39 is 0 Å². The number of carbonyl (C=O) groups excluding carboxylic acids is 2. The summed E-state index contributed by atoms with van der Waals surface area (Å²) in [6.45, 7) is 1.04. The molecule has 0 aromatic heterocycles. The van der Waals surface area contributed by atoms with E-state index in [1.807, 2.05) is 0 Å². The molecule has 0 amide bonds. The van der Waals surface area contributed by atoms with Gasteiger partial charge in [0, 0.05) is 12.8 Å². The van der Waals surface area contributed by atoms with Gasteiger partial charge in [-0.25, -0.2) is 0 Å². The third kappa shape index (κ3) is 6.44. The molecule has 0 spiro atoms. The quantitative estimate of drug-likeness (QED) is 0.528. The molecule has 1 saturated heterocycles. The standard InChI is InChI=1S/C15H24O6/c16-14(20-12-5-1-2-6-12)7-3-4-8-15(17)21-13-9-18-11-19-10-13/h12-13H,1-11H2. The van der Waals surface area contributed by atoms with Crippen LogP contribution >= 0.6 is 0 Å². The van der Waals surface area contributed by atoms with Crippen molar-refractivity contribution in [2.75, 3.05) is 20.0 Å². The number of hydrogen-bond acceptors (Lipinski definition) is 6. The summed E-state index contributed by atoms with van der Waals surface area (Å²) < 4.78 is 20.6. The topological polar surface area (TPSA) is 71.1 Å². The van der Waals surface area contributed by atoms with Gasteiger partial charge >= 0.3 is 11.9 Å². The molecule has 120 valence electrons. The Balaban J connectivity index is 1.48. The van der Waals surface area contributed by atoms with Gasteiger partial charge in [-0.3, -0.25) is 9.59 Å². The fourth-order valence-electron chi connectivity index (χ4n) is 2.57. The molecule has 0 bridgehead atoms. The molecule has 1 aliphatic carbocycles. The zero-order valence-corrected chi connectivity index (χ0v) is 12.4. The second kappa shape index (κ2) is 9.00. The van der Waals surface area contributed by atoms with Gasteiger partial charge < -0.3 is 18.9 Å². The first-order chi connectivity index (χ1) is 10.2. The third-order valence-electron chi connectivity index (χ3n) is 3.68. The molecule has 1 heterocycles. The molecule has 6 nitrogen and oxygen atoms in total. The molecule has 0 unspecified atom stereocenters. The maximum atomic E-state index is 11.6. The molecule has 6 heteroatoms. The molecule has 2 fully saturated rings. The zero-order chi connectivity index (χ0) is 14.9. The lowest BCUT2D eigenvalue weighted by Crippen LogP contribution is -2.33. The van der Waals surface area contributed by atoms with E-state index in [4.69, 9.17) is 18.9 Å². The molecule has 0 radical (unpaired) electrons. The summed E-state index contributed by atoms with van der Waals surface area (Å²) >= 11 is 0. The molecule has 0 aromatic carbocycles. The summed E-state index contributed by atoms with van der Waals surface area (Å²) in [4.78, 5) is 23.2. The molecule has 0 N–H and O–H groups in total. The Morgan fingerprint density at radius 1 is 0.857 bits per heavy atom. The fourth-order valence-corrected chi connectivity index (χ4v) is 2.57. The Hall–Kier alpha value is -1.14. The second-order valence-corrected chi connectivity index (χ2v) is 5.57. The van der Waals surface area contributed by atoms with Crippen molar-refractivity contribution in [2.45, 2.75) is 63.6 Å². The molecule has 2 rings (SSSR count). The van der Waals surface area contributed by atoms with E-state index in [0.29, 0.717) is 38.9 Å². The first kappa shape index (κ1) is 16.2. The van der Waals surface area contributed by atoms with Crippen LogP contribution in [-0.2, 0) is 28.5 Å². The van der Waals surface area contributed by atoms with E-state index >= 15 is 0 Å². The van der Waals surface area contributed by atoms with Crippen molar-refractivity contribution < 1.29 is 28.5 Å². The number of rotatable bonds is 7. The van der Waals surface area contributed by atoms with E-state index in [9.17, 15) is 9.59 Å². The summed E-state index contributed by atoms with van der Waals surface area (Å²) in [7, 11) is 0. The van der Waals surface area contributed by atoms with Crippen LogP contribution in [0.2, 0.25) is 0 Å². The van der Waals surface area contributed by atoms with E-state index in [0.717, 1.165) is 25.7 Å². The van der Waals surface area contributed by atoms with Crippen molar-refractivity contribution >= 4 is 11.9 Å². The Morgan fingerprint density at radius 3 is 1.95 bits per heavy atom. The molecule has 2 aliphatic rings. The predicted octanol–water partition coefficient (Wildman–Crippen LogP) is 1.95. The van der Waals surface area contributed by atoms with Crippen molar-refractivity contribution in [2.24, 2.45) is 0 Å². The Morgan fingerprint density at radius 2 is 1.38 bits per heavy atom. The smallest absolute Gasteiger partial charge is 0.306 e. The average molecular weight is 300 g/mol. The number of carbonyl (C=O) groups is 2. The van der Waals surface area contributed by atoms with Crippen molar-refractivity contribution in [3.05, 3.63) is 0 Å². The van der Waals surface area contributed by atoms with Crippen molar-refractivity contribution in [3.63, 3.8) is 0 Å². The first-order valence-electron chi connectivity index (χ1n) is 7.78. The minimum atomic E-state index is -0.307. The van der Waals surface area contributed by atoms with Crippen LogP contribution in [0.4, 0.5) is 0 Å². The average Bonchev–Trinajstić information content (AvgIpc) is 2.97. The molecule has 0 aromatic rings. The summed E-state index contributed by atoms with van der Waals surface area (Å²) in [5.41, 5.74) is 0. The van der Waals surface area contributed by atoms with Crippen LogP contribution in [0.5, 0.6) is 0 Å². The van der Waals surface area contributed by atoms with Crippen molar-refractivity contribution in [1.29, 1.82) is 0 Å². The Labute approximate surface area is 125 Å². The van der Waals surface area contributed by atoms with Gasteiger partial charge in [-0.05, 0) is 38.5 Å². The summed E-state index contributed by atoms with van der Waals surface area (Å²) in [6, 6.07) is 0. The maximum absolute atomic E-state index is 11.6. The Bertz CT molecular complexity index is 331. The summed E-state index contributed by atoms with van der Waals surface area (Å²) in [6.07, 6.45) is 6.06. The van der Waals surface area contributed by atoms with Gasteiger partial charge in [0.05, 0.1) is 13.2 Å². The van der Waals surface area contributed by atoms with Crippen molar-refractivity contribution in [3.8, 4) is 0 Å². The minimum Gasteiger partial charge on any atom is -0.462 e. The van der Waals surface area contributed by atoms with Gasteiger partial charge in [0.2, 0.25) is 0 Å². The molecule has 21 heavy (non-hydrogen) atoms. The largest absolute Gasteiger partial charge is 0.462 e. The Kier molecular flexibility index (Phi) is 6.95. The lowest BCUT2D eigenvalue weighted by atomic mass is 10.2. The van der Waals surface area contributed by atoms with Crippen LogP contribution < -0.4 is 0 Å². The van der Waals surface area contributed by atoms with Gasteiger partial charge in [0.15, 0.2) is 0 Å². The summed E-state index contributed by atoms with van der Waals surface area (Å²) in [5, 5.41) is 0. The monoisotopic (exact) mass is 300 g/mol. The molecule has 0 atom stereocenters. The first-order valence-corrected chi connectivity index (χ1v) is 7.78. The highest BCUT2D eigenvalue weighted by molar-refractivity contribution is 5.70. The van der Waals surface area contributed by atoms with E-state index in [2.05, 4.69) is 0 Å². The molecule has 1 saturated carbocycles. The van der Waals surface area contributed by atoms with Gasteiger partial charge in [0.25, 0.3) is 0 Å². The van der Waals surface area contributed by atoms with Crippen LogP contribution in [0.1, 0.15) is 51.4 Å². The molecular formula is C15H24O6. The van der Waals surface area contributed by atoms with Crippen LogP contribution in [-0.4, -0.2) is 44.2 Å². The second-order valence-electron chi connectivity index (χ2n) is 5.57. The van der Waals surface area contributed by atoms with Gasteiger partial charge in [0.1, 0.15) is 19.0 Å². The van der Waals surface area contributed by atoms with Gasteiger partial charge in [-0.2, -0.15) is 0 Å². The van der Waals surface area contributed by atoms with E-state index in [1.165, 1.54) is 0 Å². The lowest BCUT2D eigenvalue weighted by Gasteiger charge is -2.22. The molecule has 1 aliphatic heterocycles. The maximum Gasteiger partial charge on any atom is 0.306 e.